The summed E-state index contributed by atoms with van der Waals surface area (Å²) in [5.41, 5.74) is 6.19. The number of primary amides is 1. The van der Waals surface area contributed by atoms with Crippen molar-refractivity contribution in [2.75, 3.05) is 18.4 Å². The number of nitrogens with one attached hydrogen (secondary N) is 1. The molecule has 1 heterocycles. The molecule has 2 unspecified atom stereocenters. The van der Waals surface area contributed by atoms with Gasteiger partial charge in [-0.25, -0.2) is 8.42 Å². The van der Waals surface area contributed by atoms with Crippen molar-refractivity contribution in [2.24, 2.45) is 5.73 Å². The Morgan fingerprint density at radius 3 is 2.24 bits per heavy atom. The molecular formula is C20H23N3O5S. The summed E-state index contributed by atoms with van der Waals surface area (Å²) in [5.74, 6) is -1.02. The Hall–Kier alpha value is -2.75. The maximum absolute atomic E-state index is 13.0. The van der Waals surface area contributed by atoms with Crippen LogP contribution < -0.4 is 11.1 Å². The van der Waals surface area contributed by atoms with Crippen LogP contribution in [0.3, 0.4) is 0 Å². The molecule has 1 aliphatic heterocycles. The van der Waals surface area contributed by atoms with Crippen molar-refractivity contribution in [2.45, 2.75) is 31.0 Å². The Balaban J connectivity index is 1.79. The molecular weight excluding hydrogens is 394 g/mol. The third kappa shape index (κ3) is 4.81. The molecule has 2 aromatic rings. The number of sulfonamides is 1. The van der Waals surface area contributed by atoms with E-state index in [1.807, 2.05) is 13.8 Å². The van der Waals surface area contributed by atoms with E-state index in [9.17, 15) is 18.0 Å². The van der Waals surface area contributed by atoms with Gasteiger partial charge in [-0.15, -0.1) is 0 Å². The zero-order chi connectivity index (χ0) is 21.2. The molecule has 8 nitrogen and oxygen atoms in total. The first kappa shape index (κ1) is 21.0. The zero-order valence-electron chi connectivity index (χ0n) is 16.2. The van der Waals surface area contributed by atoms with Crippen LogP contribution in [-0.4, -0.2) is 49.8 Å². The van der Waals surface area contributed by atoms with Gasteiger partial charge in [-0.3, -0.25) is 9.59 Å². The Morgan fingerprint density at radius 2 is 1.66 bits per heavy atom. The van der Waals surface area contributed by atoms with Crippen molar-refractivity contribution in [3.05, 3.63) is 59.7 Å². The van der Waals surface area contributed by atoms with E-state index in [2.05, 4.69) is 5.32 Å². The van der Waals surface area contributed by atoms with Gasteiger partial charge in [-0.1, -0.05) is 6.07 Å². The third-order valence-electron chi connectivity index (χ3n) is 4.55. The molecule has 29 heavy (non-hydrogen) atoms. The van der Waals surface area contributed by atoms with Crippen molar-refractivity contribution in [3.63, 3.8) is 0 Å². The lowest BCUT2D eigenvalue weighted by molar-refractivity contribution is -0.0440. The number of benzene rings is 2. The molecule has 0 radical (unpaired) electrons. The van der Waals surface area contributed by atoms with E-state index in [0.29, 0.717) is 11.3 Å². The fourth-order valence-corrected chi connectivity index (χ4v) is 4.83. The summed E-state index contributed by atoms with van der Waals surface area (Å²) in [6.07, 6.45) is -0.410. The van der Waals surface area contributed by atoms with Gasteiger partial charge < -0.3 is 15.8 Å². The monoisotopic (exact) mass is 417 g/mol. The van der Waals surface area contributed by atoms with Crippen LogP contribution in [0.5, 0.6) is 0 Å². The third-order valence-corrected chi connectivity index (χ3v) is 6.38. The molecule has 0 bridgehead atoms. The predicted octanol–water partition coefficient (Wildman–Crippen LogP) is 1.84. The highest BCUT2D eigenvalue weighted by atomic mass is 32.2. The molecule has 9 heteroatoms. The molecule has 0 spiro atoms. The minimum Gasteiger partial charge on any atom is -0.373 e. The Bertz CT molecular complexity index is 1010. The number of carbonyl (C=O) groups is 2. The average molecular weight is 417 g/mol. The summed E-state index contributed by atoms with van der Waals surface area (Å²) < 4.78 is 33.0. The van der Waals surface area contributed by atoms with E-state index in [-0.39, 0.29) is 35.8 Å². The van der Waals surface area contributed by atoms with E-state index in [4.69, 9.17) is 10.5 Å². The lowest BCUT2D eigenvalue weighted by atomic mass is 10.2. The molecule has 1 fully saturated rings. The number of anilines is 1. The first-order valence-corrected chi connectivity index (χ1v) is 10.6. The predicted molar refractivity (Wildman–Crippen MR) is 108 cm³/mol. The second kappa shape index (κ2) is 8.32. The summed E-state index contributed by atoms with van der Waals surface area (Å²) in [5, 5.41) is 2.68. The number of amides is 2. The second-order valence-electron chi connectivity index (χ2n) is 7.00. The highest BCUT2D eigenvalue weighted by Gasteiger charge is 2.32. The fourth-order valence-electron chi connectivity index (χ4n) is 3.19. The van der Waals surface area contributed by atoms with Gasteiger partial charge in [-0.2, -0.15) is 4.31 Å². The smallest absolute Gasteiger partial charge is 0.255 e. The lowest BCUT2D eigenvalue weighted by Crippen LogP contribution is -2.48. The summed E-state index contributed by atoms with van der Waals surface area (Å²) in [7, 11) is -3.75. The number of nitrogens with two attached hydrogens (primary N) is 1. The van der Waals surface area contributed by atoms with Crippen LogP contribution in [0.2, 0.25) is 0 Å². The van der Waals surface area contributed by atoms with Crippen LogP contribution in [0.25, 0.3) is 0 Å². The second-order valence-corrected chi connectivity index (χ2v) is 8.94. The first-order chi connectivity index (χ1) is 13.7. The van der Waals surface area contributed by atoms with Gasteiger partial charge in [0.05, 0.1) is 17.1 Å². The summed E-state index contributed by atoms with van der Waals surface area (Å²) in [6.45, 7) is 4.17. The SMILES string of the molecule is CC1CN(S(=O)(=O)c2cccc(C(=O)Nc3ccc(C(N)=O)cc3)c2)CC(C)O1. The lowest BCUT2D eigenvalue weighted by Gasteiger charge is -2.34. The van der Waals surface area contributed by atoms with Gasteiger partial charge in [0, 0.05) is 29.9 Å². The Kier molecular flexibility index (Phi) is 6.02. The van der Waals surface area contributed by atoms with Crippen molar-refractivity contribution in [1.29, 1.82) is 0 Å². The molecule has 3 N–H and O–H groups in total. The van der Waals surface area contributed by atoms with Crippen LogP contribution in [0.4, 0.5) is 5.69 Å². The Morgan fingerprint density at radius 1 is 1.03 bits per heavy atom. The number of ether oxygens (including phenoxy) is 1. The molecule has 0 saturated carbocycles. The van der Waals surface area contributed by atoms with E-state index in [1.54, 1.807) is 12.1 Å². The number of carbonyl (C=O) groups excluding carboxylic acids is 2. The van der Waals surface area contributed by atoms with Crippen molar-refractivity contribution in [1.82, 2.24) is 4.31 Å². The maximum atomic E-state index is 13.0. The summed E-state index contributed by atoms with van der Waals surface area (Å²) in [6, 6.07) is 12.0. The number of morpholine rings is 1. The van der Waals surface area contributed by atoms with Gasteiger partial charge in [0.1, 0.15) is 0 Å². The van der Waals surface area contributed by atoms with Gasteiger partial charge in [0.25, 0.3) is 5.91 Å². The molecule has 1 aliphatic rings. The van der Waals surface area contributed by atoms with Crippen molar-refractivity contribution in [3.8, 4) is 0 Å². The minimum absolute atomic E-state index is 0.0514. The molecule has 154 valence electrons. The Labute approximate surface area is 169 Å². The number of nitrogens with zero attached hydrogens (tertiary/aromatic N) is 1. The van der Waals surface area contributed by atoms with Crippen LogP contribution in [0.15, 0.2) is 53.4 Å². The van der Waals surface area contributed by atoms with Crippen LogP contribution in [0.1, 0.15) is 34.6 Å². The highest BCUT2D eigenvalue weighted by molar-refractivity contribution is 7.89. The summed E-state index contributed by atoms with van der Waals surface area (Å²) >= 11 is 0. The number of hydrogen-bond donors (Lipinski definition) is 2. The molecule has 0 aromatic heterocycles. The van der Waals surface area contributed by atoms with E-state index in [0.717, 1.165) is 0 Å². The summed E-state index contributed by atoms with van der Waals surface area (Å²) in [4.78, 5) is 23.7. The quantitative estimate of drug-likeness (QED) is 0.769. The van der Waals surface area contributed by atoms with E-state index >= 15 is 0 Å². The van der Waals surface area contributed by atoms with Crippen molar-refractivity contribution >= 4 is 27.5 Å². The van der Waals surface area contributed by atoms with Crippen LogP contribution >= 0.6 is 0 Å². The number of hydrogen-bond acceptors (Lipinski definition) is 5. The molecule has 2 aromatic carbocycles. The fraction of sp³-hybridized carbons (Fsp3) is 0.300. The molecule has 2 atom stereocenters. The zero-order valence-corrected chi connectivity index (χ0v) is 17.0. The van der Waals surface area contributed by atoms with E-state index in [1.165, 1.54) is 40.7 Å². The average Bonchev–Trinajstić information content (AvgIpc) is 2.67. The molecule has 1 saturated heterocycles. The normalized spacial score (nSPS) is 20.2. The van der Waals surface area contributed by atoms with E-state index < -0.39 is 21.8 Å². The van der Waals surface area contributed by atoms with Gasteiger partial charge in [-0.05, 0) is 56.3 Å². The van der Waals surface area contributed by atoms with Gasteiger partial charge in [0.2, 0.25) is 15.9 Å². The van der Waals surface area contributed by atoms with Gasteiger partial charge >= 0.3 is 0 Å². The first-order valence-electron chi connectivity index (χ1n) is 9.13. The molecule has 2 amide bonds. The van der Waals surface area contributed by atoms with Gasteiger partial charge in [0.15, 0.2) is 0 Å². The molecule has 3 rings (SSSR count). The van der Waals surface area contributed by atoms with Crippen LogP contribution in [0, 0.1) is 0 Å². The highest BCUT2D eigenvalue weighted by Crippen LogP contribution is 2.22. The standard InChI is InChI=1S/C20H23N3O5S/c1-13-11-23(12-14(2)28-13)29(26,27)18-5-3-4-16(10-18)20(25)22-17-8-6-15(7-9-17)19(21)24/h3-10,13-14H,11-12H2,1-2H3,(H2,21,24)(H,22,25). The molecule has 0 aliphatic carbocycles. The maximum Gasteiger partial charge on any atom is 0.255 e. The van der Waals surface area contributed by atoms with Crippen molar-refractivity contribution < 1.29 is 22.7 Å². The largest absolute Gasteiger partial charge is 0.373 e. The minimum atomic E-state index is -3.75. The van der Waals surface area contributed by atoms with Crippen LogP contribution in [-0.2, 0) is 14.8 Å². The topological polar surface area (TPSA) is 119 Å². The number of rotatable bonds is 5.